The largest absolute Gasteiger partial charge is 0.491 e. The maximum Gasteiger partial charge on any atom is 0.206 e. The van der Waals surface area contributed by atoms with Gasteiger partial charge in [-0.1, -0.05) is 6.07 Å². The topological polar surface area (TPSA) is 39.7 Å². The quantitative estimate of drug-likeness (QED) is 0.867. The van der Waals surface area contributed by atoms with Crippen molar-refractivity contribution in [2.24, 2.45) is 0 Å². The molecule has 1 N–H and O–H groups in total. The molecule has 1 aliphatic rings. The molecule has 2 rings (SSSR count). The minimum Gasteiger partial charge on any atom is -0.491 e. The van der Waals surface area contributed by atoms with Gasteiger partial charge in [0, 0.05) is 13.1 Å². The molecule has 4 nitrogen and oxygen atoms in total. The van der Waals surface area contributed by atoms with Crippen LogP contribution in [0, 0.1) is 5.82 Å². The van der Waals surface area contributed by atoms with E-state index in [4.69, 9.17) is 14.2 Å². The third-order valence-corrected chi connectivity index (χ3v) is 2.66. The smallest absolute Gasteiger partial charge is 0.206 e. The summed E-state index contributed by atoms with van der Waals surface area (Å²) in [5, 5.41) is 3.19. The molecule has 1 saturated heterocycles. The number of hydrogen-bond donors (Lipinski definition) is 1. The first-order valence-electron chi connectivity index (χ1n) is 6.17. The molecule has 100 valence electrons. The average molecular weight is 255 g/mol. The monoisotopic (exact) mass is 255 g/mol. The molecule has 1 heterocycles. The molecule has 1 fully saturated rings. The van der Waals surface area contributed by atoms with Crippen molar-refractivity contribution in [3.05, 3.63) is 24.0 Å². The lowest BCUT2D eigenvalue weighted by atomic mass is 10.3. The highest BCUT2D eigenvalue weighted by molar-refractivity contribution is 5.35. The lowest BCUT2D eigenvalue weighted by molar-refractivity contribution is -0.000636. The maximum absolute atomic E-state index is 13.9. The van der Waals surface area contributed by atoms with E-state index in [0.29, 0.717) is 19.8 Å². The molecule has 18 heavy (non-hydrogen) atoms. The van der Waals surface area contributed by atoms with Gasteiger partial charge in [0.15, 0.2) is 11.5 Å². The predicted octanol–water partition coefficient (Wildman–Crippen LogP) is 1.59. The zero-order valence-corrected chi connectivity index (χ0v) is 10.4. The van der Waals surface area contributed by atoms with Crippen LogP contribution in [0.3, 0.4) is 0 Å². The van der Waals surface area contributed by atoms with E-state index in [1.807, 2.05) is 6.92 Å². The molecule has 0 bridgehead atoms. The number of hydrogen-bond acceptors (Lipinski definition) is 4. The molecule has 1 aromatic carbocycles. The molecule has 0 aliphatic carbocycles. The average Bonchev–Trinajstić information content (AvgIpc) is 2.41. The van der Waals surface area contributed by atoms with Crippen molar-refractivity contribution < 1.29 is 18.6 Å². The Morgan fingerprint density at radius 1 is 1.39 bits per heavy atom. The van der Waals surface area contributed by atoms with E-state index < -0.39 is 5.82 Å². The van der Waals surface area contributed by atoms with Gasteiger partial charge in [-0.25, -0.2) is 0 Å². The number of nitrogens with one attached hydrogen (secondary N) is 1. The first kappa shape index (κ1) is 13.1. The lowest BCUT2D eigenvalue weighted by Gasteiger charge is -2.23. The second-order valence-electron chi connectivity index (χ2n) is 4.01. The minimum absolute atomic E-state index is 0.0334. The van der Waals surface area contributed by atoms with E-state index >= 15 is 0 Å². The number of halogens is 1. The highest BCUT2D eigenvalue weighted by atomic mass is 19.1. The summed E-state index contributed by atoms with van der Waals surface area (Å²) in [6, 6.07) is 4.89. The van der Waals surface area contributed by atoms with Crippen LogP contribution in [0.1, 0.15) is 6.92 Å². The Morgan fingerprint density at radius 2 is 2.17 bits per heavy atom. The fourth-order valence-electron chi connectivity index (χ4n) is 1.78. The molecule has 0 spiro atoms. The lowest BCUT2D eigenvalue weighted by Crippen LogP contribution is -2.41. The van der Waals surface area contributed by atoms with Crippen LogP contribution in [0.25, 0.3) is 0 Å². The molecule has 1 aromatic rings. The van der Waals surface area contributed by atoms with Gasteiger partial charge in [-0.15, -0.1) is 0 Å². The molecule has 0 amide bonds. The van der Waals surface area contributed by atoms with Crippen molar-refractivity contribution in [3.8, 4) is 11.5 Å². The Balaban J connectivity index is 1.93. The second kappa shape index (κ2) is 6.56. The summed E-state index contributed by atoms with van der Waals surface area (Å²) in [5.41, 5.74) is 0. The van der Waals surface area contributed by atoms with Gasteiger partial charge < -0.3 is 19.5 Å². The standard InChI is InChI=1S/C13H18FNO3/c1-2-16-11-4-3-5-12(13(11)14)18-9-10-8-15-6-7-17-10/h3-5,10,15H,2,6-9H2,1H3/t10-/m0/s1. The van der Waals surface area contributed by atoms with Crippen LogP contribution in [0.5, 0.6) is 11.5 Å². The first-order valence-corrected chi connectivity index (χ1v) is 6.17. The molecule has 0 radical (unpaired) electrons. The summed E-state index contributed by atoms with van der Waals surface area (Å²) in [7, 11) is 0. The van der Waals surface area contributed by atoms with E-state index in [9.17, 15) is 4.39 Å². The number of morpholine rings is 1. The van der Waals surface area contributed by atoms with Gasteiger partial charge in [-0.05, 0) is 19.1 Å². The third kappa shape index (κ3) is 3.34. The molecule has 0 saturated carbocycles. The zero-order chi connectivity index (χ0) is 12.8. The van der Waals surface area contributed by atoms with E-state index in [2.05, 4.69) is 5.32 Å². The van der Waals surface area contributed by atoms with Crippen molar-refractivity contribution in [3.63, 3.8) is 0 Å². The van der Waals surface area contributed by atoms with E-state index in [1.54, 1.807) is 18.2 Å². The summed E-state index contributed by atoms with van der Waals surface area (Å²) in [5.74, 6) is -0.0315. The molecule has 0 unspecified atom stereocenters. The Kier molecular flexibility index (Phi) is 4.78. The second-order valence-corrected chi connectivity index (χ2v) is 4.01. The summed E-state index contributed by atoms with van der Waals surface area (Å²) in [6.45, 7) is 4.82. The van der Waals surface area contributed by atoms with Crippen molar-refractivity contribution in [1.82, 2.24) is 5.32 Å². The maximum atomic E-state index is 13.9. The fourth-order valence-corrected chi connectivity index (χ4v) is 1.78. The van der Waals surface area contributed by atoms with Crippen LogP contribution in [-0.2, 0) is 4.74 Å². The SMILES string of the molecule is CCOc1cccc(OC[C@@H]2CNCCO2)c1F. The van der Waals surface area contributed by atoms with E-state index in [0.717, 1.165) is 13.1 Å². The van der Waals surface area contributed by atoms with Gasteiger partial charge >= 0.3 is 0 Å². The molecular weight excluding hydrogens is 237 g/mol. The zero-order valence-electron chi connectivity index (χ0n) is 10.4. The summed E-state index contributed by atoms with van der Waals surface area (Å²) < 4.78 is 30.0. The van der Waals surface area contributed by atoms with Crippen LogP contribution in [0.4, 0.5) is 4.39 Å². The van der Waals surface area contributed by atoms with Crippen molar-refractivity contribution in [2.75, 3.05) is 32.9 Å². The van der Waals surface area contributed by atoms with Crippen LogP contribution in [0.15, 0.2) is 18.2 Å². The minimum atomic E-state index is -0.455. The number of rotatable bonds is 5. The molecular formula is C13H18FNO3. The van der Waals surface area contributed by atoms with Gasteiger partial charge in [-0.3, -0.25) is 0 Å². The van der Waals surface area contributed by atoms with Gasteiger partial charge in [0.1, 0.15) is 12.7 Å². The van der Waals surface area contributed by atoms with Gasteiger partial charge in [0.05, 0.1) is 13.2 Å². The normalized spacial score (nSPS) is 19.6. The van der Waals surface area contributed by atoms with Crippen molar-refractivity contribution in [2.45, 2.75) is 13.0 Å². The van der Waals surface area contributed by atoms with E-state index in [-0.39, 0.29) is 17.6 Å². The third-order valence-electron chi connectivity index (χ3n) is 2.66. The van der Waals surface area contributed by atoms with Crippen molar-refractivity contribution in [1.29, 1.82) is 0 Å². The molecule has 1 aliphatic heterocycles. The highest BCUT2D eigenvalue weighted by Gasteiger charge is 2.16. The Labute approximate surface area is 106 Å². The van der Waals surface area contributed by atoms with Crippen LogP contribution in [-0.4, -0.2) is 39.0 Å². The summed E-state index contributed by atoms with van der Waals surface area (Å²) >= 11 is 0. The van der Waals surface area contributed by atoms with Crippen LogP contribution < -0.4 is 14.8 Å². The fraction of sp³-hybridized carbons (Fsp3) is 0.538. The highest BCUT2D eigenvalue weighted by Crippen LogP contribution is 2.26. The number of benzene rings is 1. The van der Waals surface area contributed by atoms with Crippen LogP contribution in [0.2, 0.25) is 0 Å². The molecule has 5 heteroatoms. The Bertz CT molecular complexity index is 380. The Morgan fingerprint density at radius 3 is 2.83 bits per heavy atom. The van der Waals surface area contributed by atoms with E-state index in [1.165, 1.54) is 0 Å². The van der Waals surface area contributed by atoms with Gasteiger partial charge in [0.25, 0.3) is 0 Å². The predicted molar refractivity (Wildman–Crippen MR) is 65.7 cm³/mol. The molecule has 0 aromatic heterocycles. The first-order chi connectivity index (χ1) is 8.81. The van der Waals surface area contributed by atoms with Crippen molar-refractivity contribution >= 4 is 0 Å². The number of ether oxygens (including phenoxy) is 3. The molecule has 1 atom stereocenters. The van der Waals surface area contributed by atoms with Gasteiger partial charge in [-0.2, -0.15) is 4.39 Å². The van der Waals surface area contributed by atoms with Crippen LogP contribution >= 0.6 is 0 Å². The Hall–Kier alpha value is -1.33. The van der Waals surface area contributed by atoms with Gasteiger partial charge in [0.2, 0.25) is 5.82 Å². The summed E-state index contributed by atoms with van der Waals surface area (Å²) in [4.78, 5) is 0. The summed E-state index contributed by atoms with van der Waals surface area (Å²) in [6.07, 6.45) is -0.0334.